The number of esters is 1. The van der Waals surface area contributed by atoms with Gasteiger partial charge in [-0.3, -0.25) is 9.59 Å². The predicted octanol–water partition coefficient (Wildman–Crippen LogP) is 1.54. The van der Waals surface area contributed by atoms with Crippen LogP contribution in [0.3, 0.4) is 0 Å². The van der Waals surface area contributed by atoms with Crippen LogP contribution >= 0.6 is 0 Å². The second-order valence-electron chi connectivity index (χ2n) is 6.30. The summed E-state index contributed by atoms with van der Waals surface area (Å²) in [5.41, 5.74) is 1.51. The zero-order valence-corrected chi connectivity index (χ0v) is 15.0. The fourth-order valence-electron chi connectivity index (χ4n) is 3.26. The van der Waals surface area contributed by atoms with E-state index in [0.717, 1.165) is 5.56 Å². The number of nitrogens with one attached hydrogen (secondary N) is 1. The van der Waals surface area contributed by atoms with Gasteiger partial charge in [-0.15, -0.1) is 0 Å². The molecule has 0 atom stereocenters. The van der Waals surface area contributed by atoms with Crippen molar-refractivity contribution in [2.75, 3.05) is 25.0 Å². The molecule has 2 aliphatic rings. The van der Waals surface area contributed by atoms with Gasteiger partial charge in [0, 0.05) is 25.2 Å². The Balaban J connectivity index is 1.73. The lowest BCUT2D eigenvalue weighted by Gasteiger charge is -2.30. The van der Waals surface area contributed by atoms with Crippen LogP contribution in [0.4, 0.5) is 5.69 Å². The first kappa shape index (κ1) is 17.9. The van der Waals surface area contributed by atoms with Crippen LogP contribution in [0.5, 0.6) is 0 Å². The molecule has 1 amide bonds. The number of anilines is 1. The molecule has 1 aromatic rings. The van der Waals surface area contributed by atoms with Crippen molar-refractivity contribution in [1.82, 2.24) is 4.31 Å². The summed E-state index contributed by atoms with van der Waals surface area (Å²) in [5, 5.41) is 2.75. The number of ether oxygens (including phenoxy) is 1. The van der Waals surface area contributed by atoms with E-state index in [-0.39, 0.29) is 22.7 Å². The first-order chi connectivity index (χ1) is 11.9. The topological polar surface area (TPSA) is 92.8 Å². The van der Waals surface area contributed by atoms with Gasteiger partial charge in [-0.05, 0) is 49.9 Å². The molecule has 7 nitrogen and oxygen atoms in total. The maximum atomic E-state index is 12.9. The predicted molar refractivity (Wildman–Crippen MR) is 91.5 cm³/mol. The Hall–Kier alpha value is -1.93. The first-order valence-corrected chi connectivity index (χ1v) is 9.95. The highest BCUT2D eigenvalue weighted by atomic mass is 32.2. The molecule has 0 saturated carbocycles. The smallest absolute Gasteiger partial charge is 0.309 e. The van der Waals surface area contributed by atoms with Crippen LogP contribution in [-0.4, -0.2) is 44.3 Å². The van der Waals surface area contributed by atoms with Gasteiger partial charge in [0.1, 0.15) is 0 Å². The molecule has 2 heterocycles. The minimum absolute atomic E-state index is 0.0517. The highest BCUT2D eigenvalue weighted by Crippen LogP contribution is 2.29. The molecule has 3 rings (SSSR count). The Morgan fingerprint density at radius 2 is 2.00 bits per heavy atom. The monoisotopic (exact) mass is 366 g/mol. The molecule has 0 unspecified atom stereocenters. The van der Waals surface area contributed by atoms with Crippen LogP contribution in [0.2, 0.25) is 0 Å². The lowest BCUT2D eigenvalue weighted by atomic mass is 9.98. The molecule has 1 saturated heterocycles. The molecule has 0 aromatic heterocycles. The maximum Gasteiger partial charge on any atom is 0.309 e. The van der Waals surface area contributed by atoms with Crippen molar-refractivity contribution >= 4 is 27.6 Å². The van der Waals surface area contributed by atoms with Crippen molar-refractivity contribution in [2.45, 2.75) is 37.5 Å². The van der Waals surface area contributed by atoms with Crippen molar-refractivity contribution in [2.24, 2.45) is 5.92 Å². The van der Waals surface area contributed by atoms with E-state index in [0.29, 0.717) is 51.1 Å². The highest BCUT2D eigenvalue weighted by Gasteiger charge is 2.33. The minimum atomic E-state index is -3.60. The van der Waals surface area contributed by atoms with Crippen molar-refractivity contribution in [3.8, 4) is 0 Å². The van der Waals surface area contributed by atoms with Crippen molar-refractivity contribution in [3.63, 3.8) is 0 Å². The third-order valence-electron chi connectivity index (χ3n) is 4.68. The van der Waals surface area contributed by atoms with Gasteiger partial charge in [0.2, 0.25) is 15.9 Å². The quantitative estimate of drug-likeness (QED) is 0.816. The van der Waals surface area contributed by atoms with E-state index in [1.807, 2.05) is 0 Å². The van der Waals surface area contributed by atoms with E-state index >= 15 is 0 Å². The number of rotatable bonds is 4. The van der Waals surface area contributed by atoms with E-state index in [4.69, 9.17) is 4.74 Å². The molecule has 1 N–H and O–H groups in total. The average Bonchev–Trinajstić information content (AvgIpc) is 2.61. The van der Waals surface area contributed by atoms with Crippen molar-refractivity contribution in [1.29, 1.82) is 0 Å². The summed E-state index contributed by atoms with van der Waals surface area (Å²) in [6.45, 7) is 2.71. The third kappa shape index (κ3) is 3.69. The first-order valence-electron chi connectivity index (χ1n) is 8.51. The number of carbonyl (C=O) groups excluding carboxylic acids is 2. The Kier molecular flexibility index (Phi) is 5.10. The number of hydrogen-bond acceptors (Lipinski definition) is 5. The van der Waals surface area contributed by atoms with Gasteiger partial charge >= 0.3 is 5.97 Å². The summed E-state index contributed by atoms with van der Waals surface area (Å²) in [6.07, 6.45) is 1.84. The number of sulfonamides is 1. The average molecular weight is 366 g/mol. The Morgan fingerprint density at radius 1 is 1.28 bits per heavy atom. The zero-order valence-electron chi connectivity index (χ0n) is 14.2. The van der Waals surface area contributed by atoms with Crippen LogP contribution in [0.15, 0.2) is 23.1 Å². The molecular weight excluding hydrogens is 344 g/mol. The summed E-state index contributed by atoms with van der Waals surface area (Å²) < 4.78 is 32.2. The minimum Gasteiger partial charge on any atom is -0.466 e. The van der Waals surface area contributed by atoms with E-state index in [1.54, 1.807) is 19.1 Å². The second-order valence-corrected chi connectivity index (χ2v) is 8.24. The lowest BCUT2D eigenvalue weighted by molar-refractivity contribution is -0.149. The van der Waals surface area contributed by atoms with E-state index in [2.05, 4.69) is 5.32 Å². The van der Waals surface area contributed by atoms with Gasteiger partial charge in [0.15, 0.2) is 0 Å². The van der Waals surface area contributed by atoms with Gasteiger partial charge in [-0.2, -0.15) is 4.31 Å². The summed E-state index contributed by atoms with van der Waals surface area (Å²) >= 11 is 0. The Labute approximate surface area is 147 Å². The molecule has 1 fully saturated rings. The summed E-state index contributed by atoms with van der Waals surface area (Å²) in [6, 6.07) is 4.81. The largest absolute Gasteiger partial charge is 0.466 e. The fourth-order valence-corrected chi connectivity index (χ4v) is 4.78. The molecule has 0 spiro atoms. The number of nitrogens with zero attached hydrogens (tertiary/aromatic N) is 1. The van der Waals surface area contributed by atoms with Crippen LogP contribution in [-0.2, 0) is 30.8 Å². The number of carbonyl (C=O) groups is 2. The number of hydrogen-bond donors (Lipinski definition) is 1. The van der Waals surface area contributed by atoms with Crippen LogP contribution in [0.25, 0.3) is 0 Å². The molecule has 1 aromatic carbocycles. The van der Waals surface area contributed by atoms with E-state index in [1.165, 1.54) is 10.4 Å². The molecule has 8 heteroatoms. The van der Waals surface area contributed by atoms with Gasteiger partial charge in [0.25, 0.3) is 0 Å². The molecule has 0 bridgehead atoms. The number of aryl methyl sites for hydroxylation is 1. The summed E-state index contributed by atoms with van der Waals surface area (Å²) in [5.74, 6) is -0.529. The fraction of sp³-hybridized carbons (Fsp3) is 0.529. The Bertz CT molecular complexity index is 782. The summed E-state index contributed by atoms with van der Waals surface area (Å²) in [4.78, 5) is 23.4. The molecule has 0 radical (unpaired) electrons. The molecule has 0 aliphatic carbocycles. The molecular formula is C17H22N2O5S. The standard InChI is InChI=1S/C17H22N2O5S/c1-2-24-17(21)12-7-9-19(10-8-12)25(22,23)14-4-5-15-13(11-14)3-6-16(20)18-15/h4-5,11-12H,2-3,6-10H2,1H3,(H,18,20). The van der Waals surface area contributed by atoms with Gasteiger partial charge in [-0.1, -0.05) is 0 Å². The van der Waals surface area contributed by atoms with Gasteiger partial charge < -0.3 is 10.1 Å². The molecule has 2 aliphatic heterocycles. The van der Waals surface area contributed by atoms with Crippen molar-refractivity contribution in [3.05, 3.63) is 23.8 Å². The van der Waals surface area contributed by atoms with Crippen molar-refractivity contribution < 1.29 is 22.7 Å². The second kappa shape index (κ2) is 7.13. The highest BCUT2D eigenvalue weighted by molar-refractivity contribution is 7.89. The van der Waals surface area contributed by atoms with E-state index in [9.17, 15) is 18.0 Å². The number of amides is 1. The van der Waals surface area contributed by atoms with Crippen LogP contribution in [0, 0.1) is 5.92 Å². The van der Waals surface area contributed by atoms with Crippen LogP contribution in [0.1, 0.15) is 31.7 Å². The molecule has 25 heavy (non-hydrogen) atoms. The molecule has 136 valence electrons. The zero-order chi connectivity index (χ0) is 18.0. The van der Waals surface area contributed by atoms with Gasteiger partial charge in [-0.25, -0.2) is 8.42 Å². The summed E-state index contributed by atoms with van der Waals surface area (Å²) in [7, 11) is -3.60. The lowest BCUT2D eigenvalue weighted by Crippen LogP contribution is -2.40. The Morgan fingerprint density at radius 3 is 2.68 bits per heavy atom. The number of fused-ring (bicyclic) bond motifs is 1. The SMILES string of the molecule is CCOC(=O)C1CCN(S(=O)(=O)c2ccc3c(c2)CCC(=O)N3)CC1. The maximum absolute atomic E-state index is 12.9. The third-order valence-corrected chi connectivity index (χ3v) is 6.58. The number of benzene rings is 1. The van der Waals surface area contributed by atoms with Crippen LogP contribution < -0.4 is 5.32 Å². The van der Waals surface area contributed by atoms with E-state index < -0.39 is 10.0 Å². The number of piperidine rings is 1. The van der Waals surface area contributed by atoms with Gasteiger partial charge in [0.05, 0.1) is 17.4 Å². The normalized spacial score (nSPS) is 19.2.